The summed E-state index contributed by atoms with van der Waals surface area (Å²) in [6.45, 7) is 8.36. The van der Waals surface area contributed by atoms with E-state index in [4.69, 9.17) is 4.74 Å². The van der Waals surface area contributed by atoms with Gasteiger partial charge in [-0.2, -0.15) is 0 Å². The number of aliphatic hydroxyl groups is 1. The van der Waals surface area contributed by atoms with Crippen molar-refractivity contribution in [2.75, 3.05) is 33.8 Å². The average Bonchev–Trinajstić information content (AvgIpc) is 2.25. The Morgan fingerprint density at radius 2 is 2.17 bits per heavy atom. The van der Waals surface area contributed by atoms with E-state index >= 15 is 0 Å². The van der Waals surface area contributed by atoms with Crippen molar-refractivity contribution in [3.8, 4) is 0 Å². The van der Waals surface area contributed by atoms with Gasteiger partial charge in [0.05, 0.1) is 11.2 Å². The SMILES string of the molecule is CCC1(C)CC(NCC(C)(O)CN(C)C)CCO1. The second-order valence-corrected chi connectivity index (χ2v) is 6.46. The first-order valence-electron chi connectivity index (χ1n) is 7.01. The highest BCUT2D eigenvalue weighted by Gasteiger charge is 2.32. The first-order chi connectivity index (χ1) is 8.26. The van der Waals surface area contributed by atoms with Crippen LogP contribution in [0.2, 0.25) is 0 Å². The number of rotatable bonds is 6. The highest BCUT2D eigenvalue weighted by Crippen LogP contribution is 2.27. The molecule has 0 aliphatic carbocycles. The van der Waals surface area contributed by atoms with Crippen molar-refractivity contribution in [3.05, 3.63) is 0 Å². The summed E-state index contributed by atoms with van der Waals surface area (Å²) in [7, 11) is 3.97. The predicted molar refractivity (Wildman–Crippen MR) is 74.9 cm³/mol. The second kappa shape index (κ2) is 6.33. The van der Waals surface area contributed by atoms with Gasteiger partial charge < -0.3 is 20.1 Å². The lowest BCUT2D eigenvalue weighted by atomic mass is 9.89. The van der Waals surface area contributed by atoms with Gasteiger partial charge in [0.25, 0.3) is 0 Å². The molecule has 0 spiro atoms. The van der Waals surface area contributed by atoms with Crippen molar-refractivity contribution >= 4 is 0 Å². The van der Waals surface area contributed by atoms with Gasteiger partial charge in [-0.15, -0.1) is 0 Å². The molecule has 4 heteroatoms. The summed E-state index contributed by atoms with van der Waals surface area (Å²) >= 11 is 0. The van der Waals surface area contributed by atoms with E-state index in [-0.39, 0.29) is 5.60 Å². The topological polar surface area (TPSA) is 44.7 Å². The molecule has 18 heavy (non-hydrogen) atoms. The monoisotopic (exact) mass is 258 g/mol. The largest absolute Gasteiger partial charge is 0.388 e. The van der Waals surface area contributed by atoms with Crippen molar-refractivity contribution in [3.63, 3.8) is 0 Å². The lowest BCUT2D eigenvalue weighted by Gasteiger charge is -2.39. The number of hydrogen-bond donors (Lipinski definition) is 2. The summed E-state index contributed by atoms with van der Waals surface area (Å²) in [6.07, 6.45) is 3.11. The second-order valence-electron chi connectivity index (χ2n) is 6.46. The Morgan fingerprint density at radius 1 is 1.50 bits per heavy atom. The first-order valence-corrected chi connectivity index (χ1v) is 7.01. The van der Waals surface area contributed by atoms with E-state index in [0.29, 0.717) is 19.1 Å². The molecule has 4 nitrogen and oxygen atoms in total. The maximum absolute atomic E-state index is 10.3. The zero-order valence-electron chi connectivity index (χ0n) is 12.6. The Balaban J connectivity index is 2.39. The van der Waals surface area contributed by atoms with E-state index in [9.17, 15) is 5.11 Å². The third kappa shape index (κ3) is 5.22. The molecular weight excluding hydrogens is 228 g/mol. The van der Waals surface area contributed by atoms with Crippen LogP contribution in [0.1, 0.15) is 40.0 Å². The van der Waals surface area contributed by atoms with E-state index in [1.165, 1.54) is 0 Å². The van der Waals surface area contributed by atoms with Crippen molar-refractivity contribution in [1.82, 2.24) is 10.2 Å². The molecule has 0 radical (unpaired) electrons. The van der Waals surface area contributed by atoms with E-state index in [1.807, 2.05) is 25.9 Å². The molecule has 0 aromatic rings. The van der Waals surface area contributed by atoms with Crippen LogP contribution in [0.3, 0.4) is 0 Å². The smallest absolute Gasteiger partial charge is 0.0869 e. The maximum atomic E-state index is 10.3. The van der Waals surface area contributed by atoms with Crippen LogP contribution >= 0.6 is 0 Å². The molecule has 1 rings (SSSR count). The lowest BCUT2D eigenvalue weighted by Crippen LogP contribution is -2.51. The van der Waals surface area contributed by atoms with Crippen LogP contribution in [0.4, 0.5) is 0 Å². The standard InChI is InChI=1S/C14H30N2O2/c1-6-14(3)9-12(7-8-18-14)15-10-13(2,17)11-16(4)5/h12,15,17H,6-11H2,1-5H3. The van der Waals surface area contributed by atoms with Gasteiger partial charge in [0.1, 0.15) is 0 Å². The minimum Gasteiger partial charge on any atom is -0.388 e. The average molecular weight is 258 g/mol. The van der Waals surface area contributed by atoms with E-state index < -0.39 is 5.60 Å². The summed E-state index contributed by atoms with van der Waals surface area (Å²) in [6, 6.07) is 0.456. The summed E-state index contributed by atoms with van der Waals surface area (Å²) in [4.78, 5) is 2.02. The summed E-state index contributed by atoms with van der Waals surface area (Å²) in [5.74, 6) is 0. The molecule has 1 heterocycles. The first kappa shape index (κ1) is 15.9. The maximum Gasteiger partial charge on any atom is 0.0869 e. The van der Waals surface area contributed by atoms with Crippen LogP contribution in [-0.2, 0) is 4.74 Å². The summed E-state index contributed by atoms with van der Waals surface area (Å²) in [5.41, 5.74) is -0.673. The fourth-order valence-electron chi connectivity index (χ4n) is 2.65. The van der Waals surface area contributed by atoms with Gasteiger partial charge in [-0.1, -0.05) is 6.92 Å². The van der Waals surface area contributed by atoms with E-state index in [0.717, 1.165) is 25.9 Å². The molecule has 1 fully saturated rings. The zero-order chi connectivity index (χ0) is 13.8. The third-order valence-corrected chi connectivity index (χ3v) is 3.77. The minimum atomic E-state index is -0.676. The fourth-order valence-corrected chi connectivity index (χ4v) is 2.65. The Kier molecular flexibility index (Phi) is 5.59. The van der Waals surface area contributed by atoms with Crippen molar-refractivity contribution < 1.29 is 9.84 Å². The van der Waals surface area contributed by atoms with Gasteiger partial charge >= 0.3 is 0 Å². The Hall–Kier alpha value is -0.160. The number of nitrogens with one attached hydrogen (secondary N) is 1. The van der Waals surface area contributed by atoms with Crippen molar-refractivity contribution in [2.45, 2.75) is 57.3 Å². The molecule has 0 aromatic carbocycles. The zero-order valence-corrected chi connectivity index (χ0v) is 12.6. The number of hydrogen-bond acceptors (Lipinski definition) is 4. The highest BCUT2D eigenvalue weighted by atomic mass is 16.5. The van der Waals surface area contributed by atoms with E-state index in [2.05, 4.69) is 19.2 Å². The van der Waals surface area contributed by atoms with Crippen LogP contribution in [0.15, 0.2) is 0 Å². The Morgan fingerprint density at radius 3 is 2.72 bits per heavy atom. The third-order valence-electron chi connectivity index (χ3n) is 3.77. The molecule has 1 aliphatic rings. The Labute approximate surface area is 112 Å². The molecular formula is C14H30N2O2. The van der Waals surface area contributed by atoms with Gasteiger partial charge in [-0.25, -0.2) is 0 Å². The van der Waals surface area contributed by atoms with Crippen molar-refractivity contribution in [2.24, 2.45) is 0 Å². The van der Waals surface area contributed by atoms with Crippen molar-refractivity contribution in [1.29, 1.82) is 0 Å². The van der Waals surface area contributed by atoms with Gasteiger partial charge in [0, 0.05) is 25.7 Å². The molecule has 0 aromatic heterocycles. The number of ether oxygens (including phenoxy) is 1. The molecule has 0 amide bonds. The van der Waals surface area contributed by atoms with E-state index in [1.54, 1.807) is 0 Å². The van der Waals surface area contributed by atoms with Crippen LogP contribution in [0.25, 0.3) is 0 Å². The molecule has 1 saturated heterocycles. The highest BCUT2D eigenvalue weighted by molar-refractivity contribution is 4.88. The minimum absolute atomic E-state index is 0.00330. The van der Waals surface area contributed by atoms with Crippen LogP contribution in [0.5, 0.6) is 0 Å². The molecule has 3 unspecified atom stereocenters. The number of likely N-dealkylation sites (N-methyl/N-ethyl adjacent to an activating group) is 1. The number of nitrogens with zero attached hydrogens (tertiary/aromatic N) is 1. The quantitative estimate of drug-likeness (QED) is 0.752. The van der Waals surface area contributed by atoms with Crippen LogP contribution in [-0.4, -0.2) is 61.0 Å². The normalized spacial score (nSPS) is 32.5. The van der Waals surface area contributed by atoms with Gasteiger partial charge in [0.15, 0.2) is 0 Å². The van der Waals surface area contributed by atoms with Gasteiger partial charge in [-0.05, 0) is 47.2 Å². The Bertz CT molecular complexity index is 256. The summed E-state index contributed by atoms with van der Waals surface area (Å²) in [5, 5.41) is 13.8. The molecule has 0 bridgehead atoms. The lowest BCUT2D eigenvalue weighted by molar-refractivity contribution is -0.0806. The molecule has 3 atom stereocenters. The van der Waals surface area contributed by atoms with Gasteiger partial charge in [0.2, 0.25) is 0 Å². The summed E-state index contributed by atoms with van der Waals surface area (Å²) < 4.78 is 5.83. The van der Waals surface area contributed by atoms with Gasteiger partial charge in [-0.3, -0.25) is 0 Å². The van der Waals surface area contributed by atoms with Crippen LogP contribution in [0, 0.1) is 0 Å². The van der Waals surface area contributed by atoms with Crippen LogP contribution < -0.4 is 5.32 Å². The molecule has 0 saturated carbocycles. The predicted octanol–water partition coefficient (Wildman–Crippen LogP) is 1.24. The fraction of sp³-hybridized carbons (Fsp3) is 1.00. The molecule has 1 aliphatic heterocycles. The molecule has 2 N–H and O–H groups in total. The molecule has 108 valence electrons.